The number of hydrogen-bond donors (Lipinski definition) is 3. The van der Waals surface area contributed by atoms with Crippen molar-refractivity contribution in [1.29, 1.82) is 0 Å². The Labute approximate surface area is 97.1 Å². The average Bonchev–Trinajstić information content (AvgIpc) is 2.22. The molecule has 0 aromatic heterocycles. The van der Waals surface area contributed by atoms with Gasteiger partial charge in [-0.05, 0) is 13.8 Å². The highest BCUT2D eigenvalue weighted by Gasteiger charge is 2.27. The largest absolute Gasteiger partial charge is 0.405 e. The van der Waals surface area contributed by atoms with Crippen LogP contribution in [-0.4, -0.2) is 43.7 Å². The van der Waals surface area contributed by atoms with E-state index in [9.17, 15) is 22.8 Å². The first-order valence-corrected chi connectivity index (χ1v) is 5.10. The molecule has 0 aromatic rings. The first kappa shape index (κ1) is 15.7. The third-order valence-corrected chi connectivity index (χ3v) is 1.80. The molecule has 0 fully saturated rings. The summed E-state index contributed by atoms with van der Waals surface area (Å²) in [7, 11) is 0. The van der Waals surface area contributed by atoms with Crippen molar-refractivity contribution in [2.75, 3.05) is 19.6 Å². The highest BCUT2D eigenvalue weighted by atomic mass is 19.4. The maximum Gasteiger partial charge on any atom is 0.405 e. The predicted molar refractivity (Wildman–Crippen MR) is 55.2 cm³/mol. The number of nitrogens with one attached hydrogen (secondary N) is 3. The molecule has 100 valence electrons. The first-order chi connectivity index (χ1) is 7.76. The Morgan fingerprint density at radius 2 is 1.82 bits per heavy atom. The number of rotatable bonds is 6. The first-order valence-electron chi connectivity index (χ1n) is 5.10. The zero-order chi connectivity index (χ0) is 13.5. The van der Waals surface area contributed by atoms with E-state index in [1.165, 1.54) is 6.92 Å². The second-order valence-electron chi connectivity index (χ2n) is 3.39. The van der Waals surface area contributed by atoms with E-state index in [-0.39, 0.29) is 12.5 Å². The summed E-state index contributed by atoms with van der Waals surface area (Å²) in [6.45, 7) is 1.99. The summed E-state index contributed by atoms with van der Waals surface area (Å²) in [5, 5.41) is 6.71. The normalized spacial score (nSPS) is 13.0. The standard InChI is InChI=1S/C9H16F3N3O2/c1-3-13-8(17)6(2)14-4-7(16)15-5-9(10,11)12/h6,14H,3-5H2,1-2H3,(H,13,17)(H,15,16). The Morgan fingerprint density at radius 3 is 2.29 bits per heavy atom. The zero-order valence-electron chi connectivity index (χ0n) is 9.65. The van der Waals surface area contributed by atoms with Gasteiger partial charge in [0.15, 0.2) is 0 Å². The quantitative estimate of drug-likeness (QED) is 0.614. The summed E-state index contributed by atoms with van der Waals surface area (Å²) in [5.74, 6) is -1.12. The lowest BCUT2D eigenvalue weighted by Gasteiger charge is -2.13. The van der Waals surface area contributed by atoms with Gasteiger partial charge in [0.25, 0.3) is 0 Å². The van der Waals surface area contributed by atoms with Crippen molar-refractivity contribution in [2.24, 2.45) is 0 Å². The second-order valence-corrected chi connectivity index (χ2v) is 3.39. The van der Waals surface area contributed by atoms with Gasteiger partial charge in [0.2, 0.25) is 11.8 Å². The van der Waals surface area contributed by atoms with Crippen molar-refractivity contribution in [2.45, 2.75) is 26.1 Å². The van der Waals surface area contributed by atoms with E-state index in [0.29, 0.717) is 6.54 Å². The van der Waals surface area contributed by atoms with Crippen LogP contribution < -0.4 is 16.0 Å². The van der Waals surface area contributed by atoms with Crippen LogP contribution in [0, 0.1) is 0 Å². The minimum Gasteiger partial charge on any atom is -0.355 e. The third-order valence-electron chi connectivity index (χ3n) is 1.80. The van der Waals surface area contributed by atoms with Crippen molar-refractivity contribution in [3.8, 4) is 0 Å². The molecule has 0 rings (SSSR count). The van der Waals surface area contributed by atoms with Crippen LogP contribution in [0.15, 0.2) is 0 Å². The van der Waals surface area contributed by atoms with E-state index < -0.39 is 24.7 Å². The highest BCUT2D eigenvalue weighted by Crippen LogP contribution is 2.11. The lowest BCUT2D eigenvalue weighted by molar-refractivity contribution is -0.138. The van der Waals surface area contributed by atoms with Crippen LogP contribution in [0.25, 0.3) is 0 Å². The van der Waals surface area contributed by atoms with E-state index in [1.807, 2.05) is 0 Å². The van der Waals surface area contributed by atoms with E-state index in [4.69, 9.17) is 0 Å². The number of amides is 2. The number of likely N-dealkylation sites (N-methyl/N-ethyl adjacent to an activating group) is 1. The number of halogens is 3. The molecular formula is C9H16F3N3O2. The van der Waals surface area contributed by atoms with Crippen LogP contribution >= 0.6 is 0 Å². The fraction of sp³-hybridized carbons (Fsp3) is 0.778. The van der Waals surface area contributed by atoms with Gasteiger partial charge in [-0.2, -0.15) is 13.2 Å². The zero-order valence-corrected chi connectivity index (χ0v) is 9.65. The molecule has 0 saturated heterocycles. The Morgan fingerprint density at radius 1 is 1.24 bits per heavy atom. The van der Waals surface area contributed by atoms with Crippen molar-refractivity contribution in [3.05, 3.63) is 0 Å². The summed E-state index contributed by atoms with van der Waals surface area (Å²) in [6.07, 6.45) is -4.43. The Bertz CT molecular complexity index is 269. The SMILES string of the molecule is CCNC(=O)C(C)NCC(=O)NCC(F)(F)F. The second kappa shape index (κ2) is 7.10. The molecular weight excluding hydrogens is 239 g/mol. The summed E-state index contributed by atoms with van der Waals surface area (Å²) >= 11 is 0. The van der Waals surface area contributed by atoms with Gasteiger partial charge in [0.05, 0.1) is 12.6 Å². The van der Waals surface area contributed by atoms with Gasteiger partial charge >= 0.3 is 6.18 Å². The fourth-order valence-electron chi connectivity index (χ4n) is 0.927. The van der Waals surface area contributed by atoms with Crippen molar-refractivity contribution < 1.29 is 22.8 Å². The molecule has 0 radical (unpaired) electrons. The van der Waals surface area contributed by atoms with Gasteiger partial charge in [-0.25, -0.2) is 0 Å². The molecule has 0 aliphatic rings. The van der Waals surface area contributed by atoms with E-state index in [2.05, 4.69) is 10.6 Å². The maximum atomic E-state index is 11.7. The van der Waals surface area contributed by atoms with E-state index >= 15 is 0 Å². The van der Waals surface area contributed by atoms with Crippen LogP contribution in [-0.2, 0) is 9.59 Å². The minimum absolute atomic E-state index is 0.309. The van der Waals surface area contributed by atoms with Gasteiger partial charge in [0, 0.05) is 6.54 Å². The minimum atomic E-state index is -4.43. The summed E-state index contributed by atoms with van der Waals surface area (Å²) in [5.41, 5.74) is 0. The maximum absolute atomic E-state index is 11.7. The summed E-state index contributed by atoms with van der Waals surface area (Å²) < 4.78 is 35.2. The van der Waals surface area contributed by atoms with Gasteiger partial charge < -0.3 is 10.6 Å². The smallest absolute Gasteiger partial charge is 0.355 e. The molecule has 1 unspecified atom stereocenters. The summed E-state index contributed by atoms with van der Waals surface area (Å²) in [6, 6.07) is -0.633. The van der Waals surface area contributed by atoms with Crippen molar-refractivity contribution in [3.63, 3.8) is 0 Å². The highest BCUT2D eigenvalue weighted by molar-refractivity contribution is 5.83. The molecule has 0 heterocycles. The van der Waals surface area contributed by atoms with Crippen LogP contribution in [0.5, 0.6) is 0 Å². The Kier molecular flexibility index (Phi) is 6.55. The number of carbonyl (C=O) groups excluding carboxylic acids is 2. The molecule has 17 heavy (non-hydrogen) atoms. The molecule has 3 N–H and O–H groups in total. The van der Waals surface area contributed by atoms with Crippen molar-refractivity contribution in [1.82, 2.24) is 16.0 Å². The van der Waals surface area contributed by atoms with Crippen LogP contribution in [0.2, 0.25) is 0 Å². The molecule has 8 heteroatoms. The fourth-order valence-corrected chi connectivity index (χ4v) is 0.927. The monoisotopic (exact) mass is 255 g/mol. The third kappa shape index (κ3) is 8.49. The molecule has 0 saturated carbocycles. The van der Waals surface area contributed by atoms with E-state index in [1.54, 1.807) is 12.2 Å². The van der Waals surface area contributed by atoms with Gasteiger partial charge in [-0.15, -0.1) is 0 Å². The number of carbonyl (C=O) groups is 2. The van der Waals surface area contributed by atoms with Crippen LogP contribution in [0.1, 0.15) is 13.8 Å². The predicted octanol–water partition coefficient (Wildman–Crippen LogP) is -0.221. The van der Waals surface area contributed by atoms with Crippen LogP contribution in [0.4, 0.5) is 13.2 Å². The molecule has 0 aromatic carbocycles. The molecule has 0 aliphatic heterocycles. The van der Waals surface area contributed by atoms with Gasteiger partial charge in [0.1, 0.15) is 6.54 Å². The lowest BCUT2D eigenvalue weighted by Crippen LogP contribution is -2.47. The lowest BCUT2D eigenvalue weighted by atomic mass is 10.3. The molecule has 5 nitrogen and oxygen atoms in total. The number of hydrogen-bond acceptors (Lipinski definition) is 3. The Hall–Kier alpha value is -1.31. The number of alkyl halides is 3. The average molecular weight is 255 g/mol. The molecule has 0 aliphatic carbocycles. The van der Waals surface area contributed by atoms with Crippen molar-refractivity contribution >= 4 is 11.8 Å². The molecule has 0 spiro atoms. The molecule has 1 atom stereocenters. The summed E-state index contributed by atoms with van der Waals surface area (Å²) in [4.78, 5) is 22.2. The Balaban J connectivity index is 3.80. The topological polar surface area (TPSA) is 70.2 Å². The van der Waals surface area contributed by atoms with E-state index in [0.717, 1.165) is 0 Å². The van der Waals surface area contributed by atoms with Gasteiger partial charge in [-0.1, -0.05) is 0 Å². The molecule has 2 amide bonds. The molecule has 0 bridgehead atoms. The van der Waals surface area contributed by atoms with Gasteiger partial charge in [-0.3, -0.25) is 14.9 Å². The van der Waals surface area contributed by atoms with Crippen LogP contribution in [0.3, 0.4) is 0 Å².